The van der Waals surface area contributed by atoms with E-state index in [0.29, 0.717) is 26.3 Å². The van der Waals surface area contributed by atoms with E-state index in [4.69, 9.17) is 17.3 Å². The van der Waals surface area contributed by atoms with Crippen LogP contribution < -0.4 is 5.73 Å². The topological polar surface area (TPSA) is 43.1 Å². The van der Waals surface area contributed by atoms with E-state index in [0.717, 1.165) is 10.8 Å². The predicted octanol–water partition coefficient (Wildman–Crippen LogP) is 5.07. The number of hydrogen-bond donors (Lipinski definition) is 1. The summed E-state index contributed by atoms with van der Waals surface area (Å²) in [4.78, 5) is 12.8. The molecule has 0 atom stereocenters. The minimum absolute atomic E-state index is 0.0814. The highest BCUT2D eigenvalue weighted by molar-refractivity contribution is 9.10. The third kappa shape index (κ3) is 2.43. The van der Waals surface area contributed by atoms with Crippen molar-refractivity contribution in [3.8, 4) is 0 Å². The SMILES string of the molecule is Nc1cccc(C(=O)c2ccc(Cl)c3ccccc23)c1Br. The average Bonchev–Trinajstić information content (AvgIpc) is 2.50. The fraction of sp³-hybridized carbons (Fsp3) is 0. The van der Waals surface area contributed by atoms with Crippen molar-refractivity contribution in [1.29, 1.82) is 0 Å². The Hall–Kier alpha value is -1.84. The van der Waals surface area contributed by atoms with Crippen molar-refractivity contribution in [3.05, 3.63) is 75.2 Å². The van der Waals surface area contributed by atoms with Gasteiger partial charge in [-0.05, 0) is 45.6 Å². The smallest absolute Gasteiger partial charge is 0.194 e. The van der Waals surface area contributed by atoms with E-state index in [2.05, 4.69) is 15.9 Å². The number of rotatable bonds is 2. The zero-order valence-electron chi connectivity index (χ0n) is 10.9. The Kier molecular flexibility index (Phi) is 3.70. The average molecular weight is 361 g/mol. The quantitative estimate of drug-likeness (QED) is 0.512. The first-order chi connectivity index (χ1) is 10.1. The zero-order valence-corrected chi connectivity index (χ0v) is 13.3. The van der Waals surface area contributed by atoms with Gasteiger partial charge in [0.15, 0.2) is 5.78 Å². The van der Waals surface area contributed by atoms with Crippen LogP contribution in [0, 0.1) is 0 Å². The van der Waals surface area contributed by atoms with E-state index in [1.807, 2.05) is 24.3 Å². The fourth-order valence-electron chi connectivity index (χ4n) is 2.33. The number of halogens is 2. The van der Waals surface area contributed by atoms with Gasteiger partial charge in [0.05, 0.1) is 4.47 Å². The molecule has 0 heterocycles. The second-order valence-electron chi connectivity index (χ2n) is 4.68. The molecular weight excluding hydrogens is 350 g/mol. The van der Waals surface area contributed by atoms with Gasteiger partial charge in [-0.25, -0.2) is 0 Å². The Morgan fingerprint density at radius 1 is 0.905 bits per heavy atom. The fourth-order valence-corrected chi connectivity index (χ4v) is 3.00. The van der Waals surface area contributed by atoms with Crippen molar-refractivity contribution < 1.29 is 4.79 Å². The number of ketones is 1. The number of anilines is 1. The molecule has 0 aliphatic carbocycles. The van der Waals surface area contributed by atoms with Gasteiger partial charge in [0, 0.05) is 27.2 Å². The molecule has 3 aromatic carbocycles. The van der Waals surface area contributed by atoms with Crippen molar-refractivity contribution in [1.82, 2.24) is 0 Å². The zero-order chi connectivity index (χ0) is 15.0. The van der Waals surface area contributed by atoms with E-state index in [1.165, 1.54) is 0 Å². The van der Waals surface area contributed by atoms with Crippen molar-refractivity contribution in [3.63, 3.8) is 0 Å². The lowest BCUT2D eigenvalue weighted by molar-refractivity contribution is 0.103. The summed E-state index contributed by atoms with van der Waals surface area (Å²) in [5.41, 5.74) is 7.55. The molecule has 2 N–H and O–H groups in total. The minimum atomic E-state index is -0.0814. The summed E-state index contributed by atoms with van der Waals surface area (Å²) in [5.74, 6) is -0.0814. The molecule has 0 saturated heterocycles. The molecule has 21 heavy (non-hydrogen) atoms. The normalized spacial score (nSPS) is 10.8. The van der Waals surface area contributed by atoms with Crippen LogP contribution in [0.15, 0.2) is 59.1 Å². The largest absolute Gasteiger partial charge is 0.398 e. The van der Waals surface area contributed by atoms with Crippen LogP contribution in [0.5, 0.6) is 0 Å². The van der Waals surface area contributed by atoms with Crippen LogP contribution in [-0.4, -0.2) is 5.78 Å². The summed E-state index contributed by atoms with van der Waals surface area (Å²) in [7, 11) is 0. The molecule has 0 aliphatic heterocycles. The minimum Gasteiger partial charge on any atom is -0.398 e. The van der Waals surface area contributed by atoms with E-state index >= 15 is 0 Å². The molecule has 104 valence electrons. The van der Waals surface area contributed by atoms with Gasteiger partial charge >= 0.3 is 0 Å². The summed E-state index contributed by atoms with van der Waals surface area (Å²) in [6.45, 7) is 0. The first kappa shape index (κ1) is 14.1. The van der Waals surface area contributed by atoms with Crippen LogP contribution in [0.1, 0.15) is 15.9 Å². The number of benzene rings is 3. The van der Waals surface area contributed by atoms with Gasteiger partial charge in [-0.2, -0.15) is 0 Å². The molecule has 0 aliphatic rings. The van der Waals surface area contributed by atoms with Crippen molar-refractivity contribution >= 4 is 49.8 Å². The van der Waals surface area contributed by atoms with Crippen LogP contribution >= 0.6 is 27.5 Å². The van der Waals surface area contributed by atoms with Gasteiger partial charge in [-0.15, -0.1) is 0 Å². The maximum atomic E-state index is 12.8. The molecule has 3 aromatic rings. The summed E-state index contributed by atoms with van der Waals surface area (Å²) < 4.78 is 0.619. The Bertz CT molecular complexity index is 861. The van der Waals surface area contributed by atoms with Gasteiger partial charge in [0.1, 0.15) is 0 Å². The highest BCUT2D eigenvalue weighted by Gasteiger charge is 2.17. The highest BCUT2D eigenvalue weighted by Crippen LogP contribution is 2.31. The lowest BCUT2D eigenvalue weighted by atomic mass is 9.97. The van der Waals surface area contributed by atoms with Crippen LogP contribution in [0.4, 0.5) is 5.69 Å². The summed E-state index contributed by atoms with van der Waals surface area (Å²) in [6.07, 6.45) is 0. The maximum absolute atomic E-state index is 12.8. The van der Waals surface area contributed by atoms with Gasteiger partial charge < -0.3 is 5.73 Å². The standard InChI is InChI=1S/C17H11BrClNO/c18-16-13(6-3-7-15(16)20)17(21)12-8-9-14(19)11-5-2-1-4-10(11)12/h1-9H,20H2. The summed E-state index contributed by atoms with van der Waals surface area (Å²) in [6, 6.07) is 16.4. The Balaban J connectivity index is 2.23. The number of nitrogen functional groups attached to an aromatic ring is 1. The molecule has 0 spiro atoms. The molecule has 0 radical (unpaired) electrons. The maximum Gasteiger partial charge on any atom is 0.194 e. The third-order valence-corrected chi connectivity index (χ3v) is 4.60. The molecular formula is C17H11BrClNO. The Morgan fingerprint density at radius 2 is 1.62 bits per heavy atom. The van der Waals surface area contributed by atoms with E-state index in [9.17, 15) is 4.79 Å². The van der Waals surface area contributed by atoms with Crippen molar-refractivity contribution in [2.75, 3.05) is 5.73 Å². The second kappa shape index (κ2) is 5.51. The molecule has 0 aromatic heterocycles. The first-order valence-corrected chi connectivity index (χ1v) is 7.52. The monoisotopic (exact) mass is 359 g/mol. The van der Waals surface area contributed by atoms with E-state index in [1.54, 1.807) is 30.3 Å². The van der Waals surface area contributed by atoms with E-state index in [-0.39, 0.29) is 5.78 Å². The van der Waals surface area contributed by atoms with Crippen LogP contribution in [-0.2, 0) is 0 Å². The second-order valence-corrected chi connectivity index (χ2v) is 5.88. The lowest BCUT2D eigenvalue weighted by Gasteiger charge is -2.09. The van der Waals surface area contributed by atoms with Gasteiger partial charge in [-0.3, -0.25) is 4.79 Å². The highest BCUT2D eigenvalue weighted by atomic mass is 79.9. The molecule has 3 rings (SSSR count). The molecule has 2 nitrogen and oxygen atoms in total. The summed E-state index contributed by atoms with van der Waals surface area (Å²) >= 11 is 9.58. The first-order valence-electron chi connectivity index (χ1n) is 6.35. The number of carbonyl (C=O) groups is 1. The van der Waals surface area contributed by atoms with Crippen molar-refractivity contribution in [2.45, 2.75) is 0 Å². The molecule has 0 saturated carbocycles. The summed E-state index contributed by atoms with van der Waals surface area (Å²) in [5, 5.41) is 2.34. The van der Waals surface area contributed by atoms with Crippen LogP contribution in [0.3, 0.4) is 0 Å². The molecule has 0 unspecified atom stereocenters. The predicted molar refractivity (Wildman–Crippen MR) is 90.9 cm³/mol. The number of fused-ring (bicyclic) bond motifs is 1. The van der Waals surface area contributed by atoms with Gasteiger partial charge in [-0.1, -0.05) is 41.9 Å². The van der Waals surface area contributed by atoms with Gasteiger partial charge in [0.25, 0.3) is 0 Å². The number of hydrogen-bond acceptors (Lipinski definition) is 2. The third-order valence-electron chi connectivity index (χ3n) is 3.39. The number of nitrogens with two attached hydrogens (primary N) is 1. The van der Waals surface area contributed by atoms with Crippen molar-refractivity contribution in [2.24, 2.45) is 0 Å². The number of carbonyl (C=O) groups excluding carboxylic acids is 1. The molecule has 0 bridgehead atoms. The van der Waals surface area contributed by atoms with Crippen LogP contribution in [0.2, 0.25) is 5.02 Å². The molecule has 0 amide bonds. The molecule has 4 heteroatoms. The van der Waals surface area contributed by atoms with E-state index < -0.39 is 0 Å². The van der Waals surface area contributed by atoms with Gasteiger partial charge in [0.2, 0.25) is 0 Å². The molecule has 0 fully saturated rings. The van der Waals surface area contributed by atoms with Crippen LogP contribution in [0.25, 0.3) is 10.8 Å². The lowest BCUT2D eigenvalue weighted by Crippen LogP contribution is -2.04. The Labute approximate surface area is 135 Å². The Morgan fingerprint density at radius 3 is 2.38 bits per heavy atom.